The third-order valence-electron chi connectivity index (χ3n) is 5.27. The van der Waals surface area contributed by atoms with E-state index in [9.17, 15) is 10.1 Å². The van der Waals surface area contributed by atoms with E-state index in [1.54, 1.807) is 44.4 Å². The predicted molar refractivity (Wildman–Crippen MR) is 115 cm³/mol. The van der Waals surface area contributed by atoms with Gasteiger partial charge in [-0.25, -0.2) is 14.5 Å². The van der Waals surface area contributed by atoms with Gasteiger partial charge in [0.1, 0.15) is 11.3 Å². The number of hydrogen-bond acceptors (Lipinski definition) is 6. The van der Waals surface area contributed by atoms with Crippen molar-refractivity contribution in [3.8, 4) is 34.4 Å². The molecule has 152 valence electrons. The molecule has 0 radical (unpaired) electrons. The molecule has 5 rings (SSSR count). The Morgan fingerprint density at radius 2 is 1.90 bits per heavy atom. The van der Waals surface area contributed by atoms with Crippen LogP contribution in [0.5, 0.6) is 5.75 Å². The quantitative estimate of drug-likeness (QED) is 0.481. The lowest BCUT2D eigenvalue weighted by atomic mass is 10.0. The SMILES string of the molecule is COc1cccc2oc(-c3c(C)nc4c(-c5ccccc5C#N)c(C)[nH]n4c3=O)nc12. The van der Waals surface area contributed by atoms with Crippen LogP contribution in [0, 0.1) is 25.2 Å². The third kappa shape index (κ3) is 2.71. The topological polar surface area (TPSA) is 109 Å². The van der Waals surface area contributed by atoms with Gasteiger partial charge in [0, 0.05) is 16.8 Å². The Bertz CT molecular complexity index is 1580. The van der Waals surface area contributed by atoms with Crippen LogP contribution in [0.1, 0.15) is 17.0 Å². The number of aromatic nitrogens is 4. The highest BCUT2D eigenvalue weighted by Gasteiger charge is 2.23. The van der Waals surface area contributed by atoms with E-state index in [-0.39, 0.29) is 17.0 Å². The van der Waals surface area contributed by atoms with Crippen molar-refractivity contribution in [3.05, 3.63) is 69.8 Å². The van der Waals surface area contributed by atoms with Gasteiger partial charge >= 0.3 is 0 Å². The summed E-state index contributed by atoms with van der Waals surface area (Å²) in [7, 11) is 1.55. The Hall–Kier alpha value is -4.38. The number of rotatable bonds is 3. The van der Waals surface area contributed by atoms with Crippen molar-refractivity contribution in [1.29, 1.82) is 5.26 Å². The van der Waals surface area contributed by atoms with Crippen LogP contribution in [-0.2, 0) is 0 Å². The molecule has 8 heteroatoms. The molecule has 0 aliphatic heterocycles. The Kier molecular flexibility index (Phi) is 4.12. The van der Waals surface area contributed by atoms with Crippen molar-refractivity contribution in [2.45, 2.75) is 13.8 Å². The summed E-state index contributed by atoms with van der Waals surface area (Å²) in [4.78, 5) is 22.6. The molecule has 31 heavy (non-hydrogen) atoms. The van der Waals surface area contributed by atoms with Gasteiger partial charge in [0.05, 0.1) is 24.4 Å². The maximum atomic E-state index is 13.4. The zero-order chi connectivity index (χ0) is 21.7. The van der Waals surface area contributed by atoms with Gasteiger partial charge in [-0.3, -0.25) is 9.89 Å². The maximum Gasteiger partial charge on any atom is 0.285 e. The highest BCUT2D eigenvalue weighted by atomic mass is 16.5. The van der Waals surface area contributed by atoms with E-state index in [1.165, 1.54) is 4.52 Å². The number of benzene rings is 2. The maximum absolute atomic E-state index is 13.4. The zero-order valence-electron chi connectivity index (χ0n) is 17.1. The van der Waals surface area contributed by atoms with Crippen LogP contribution in [0.15, 0.2) is 51.7 Å². The first-order valence-corrected chi connectivity index (χ1v) is 9.58. The van der Waals surface area contributed by atoms with Crippen LogP contribution in [0.3, 0.4) is 0 Å². The van der Waals surface area contributed by atoms with E-state index in [0.717, 1.165) is 5.69 Å². The van der Waals surface area contributed by atoms with Crippen LogP contribution < -0.4 is 10.3 Å². The molecule has 5 aromatic rings. The molecule has 3 aromatic heterocycles. The average Bonchev–Trinajstić information content (AvgIpc) is 3.34. The standard InChI is InChI=1S/C23H17N5O3/c1-12-19(22-26-20-16(30-3)9-6-10-17(20)31-22)23(29)28-21(25-12)18(13(2)27-28)15-8-5-4-7-14(15)11-24/h4-10,27H,1-3H3. The molecule has 3 heterocycles. The number of nitriles is 1. The fraction of sp³-hybridized carbons (Fsp3) is 0.130. The van der Waals surface area contributed by atoms with Crippen LogP contribution in [0.4, 0.5) is 0 Å². The fourth-order valence-electron chi connectivity index (χ4n) is 3.85. The molecular formula is C23H17N5O3. The Morgan fingerprint density at radius 3 is 2.68 bits per heavy atom. The molecule has 0 bridgehead atoms. The first kappa shape index (κ1) is 18.6. The van der Waals surface area contributed by atoms with Gasteiger partial charge in [0.25, 0.3) is 5.56 Å². The first-order chi connectivity index (χ1) is 15.0. The minimum Gasteiger partial charge on any atom is -0.494 e. The molecule has 0 saturated heterocycles. The smallest absolute Gasteiger partial charge is 0.285 e. The van der Waals surface area contributed by atoms with E-state index in [2.05, 4.69) is 21.1 Å². The van der Waals surface area contributed by atoms with Gasteiger partial charge in [-0.2, -0.15) is 5.26 Å². The fourth-order valence-corrected chi connectivity index (χ4v) is 3.85. The van der Waals surface area contributed by atoms with E-state index in [4.69, 9.17) is 9.15 Å². The summed E-state index contributed by atoms with van der Waals surface area (Å²) in [5.74, 6) is 0.737. The third-order valence-corrected chi connectivity index (χ3v) is 5.27. The summed E-state index contributed by atoms with van der Waals surface area (Å²) in [6, 6.07) is 14.8. The number of aromatic amines is 1. The molecule has 0 fully saturated rings. The van der Waals surface area contributed by atoms with Gasteiger partial charge in [-0.1, -0.05) is 24.3 Å². The number of oxazole rings is 1. The first-order valence-electron chi connectivity index (χ1n) is 9.58. The summed E-state index contributed by atoms with van der Waals surface area (Å²) in [6.45, 7) is 3.59. The minimum absolute atomic E-state index is 0.176. The lowest BCUT2D eigenvalue weighted by Crippen LogP contribution is -2.19. The van der Waals surface area contributed by atoms with E-state index in [0.29, 0.717) is 44.9 Å². The Balaban J connectivity index is 1.79. The molecule has 0 atom stereocenters. The van der Waals surface area contributed by atoms with Gasteiger partial charge in [-0.05, 0) is 32.0 Å². The van der Waals surface area contributed by atoms with Crippen LogP contribution >= 0.6 is 0 Å². The van der Waals surface area contributed by atoms with Crippen molar-refractivity contribution in [1.82, 2.24) is 19.6 Å². The Morgan fingerprint density at radius 1 is 1.10 bits per heavy atom. The largest absolute Gasteiger partial charge is 0.494 e. The number of methoxy groups -OCH3 is 1. The van der Waals surface area contributed by atoms with Crippen LogP contribution in [-0.4, -0.2) is 26.7 Å². The van der Waals surface area contributed by atoms with Crippen molar-refractivity contribution in [3.63, 3.8) is 0 Å². The molecule has 8 nitrogen and oxygen atoms in total. The molecule has 0 unspecified atom stereocenters. The summed E-state index contributed by atoms with van der Waals surface area (Å²) in [5.41, 5.74) is 4.56. The number of fused-ring (bicyclic) bond motifs is 2. The Labute approximate surface area is 176 Å². The molecule has 0 aliphatic carbocycles. The van der Waals surface area contributed by atoms with Crippen molar-refractivity contribution >= 4 is 16.7 Å². The van der Waals surface area contributed by atoms with Gasteiger partial charge < -0.3 is 9.15 Å². The molecule has 1 N–H and O–H groups in total. The van der Waals surface area contributed by atoms with E-state index in [1.807, 2.05) is 19.1 Å². The second-order valence-electron chi connectivity index (χ2n) is 7.13. The van der Waals surface area contributed by atoms with Crippen LogP contribution in [0.25, 0.3) is 39.3 Å². The van der Waals surface area contributed by atoms with Gasteiger partial charge in [0.2, 0.25) is 5.89 Å². The average molecular weight is 411 g/mol. The van der Waals surface area contributed by atoms with Gasteiger partial charge in [-0.15, -0.1) is 0 Å². The second-order valence-corrected chi connectivity index (χ2v) is 7.13. The molecule has 0 spiro atoms. The van der Waals surface area contributed by atoms with E-state index < -0.39 is 0 Å². The lowest BCUT2D eigenvalue weighted by Gasteiger charge is -2.05. The number of nitrogens with zero attached hydrogens (tertiary/aromatic N) is 4. The summed E-state index contributed by atoms with van der Waals surface area (Å²) in [6.07, 6.45) is 0. The molecule has 0 aliphatic rings. The highest BCUT2D eigenvalue weighted by molar-refractivity contribution is 5.85. The predicted octanol–water partition coefficient (Wildman–Crippen LogP) is 3.99. The highest BCUT2D eigenvalue weighted by Crippen LogP contribution is 2.32. The number of aryl methyl sites for hydroxylation is 2. The molecule has 2 aromatic carbocycles. The van der Waals surface area contributed by atoms with Crippen molar-refractivity contribution in [2.75, 3.05) is 7.11 Å². The zero-order valence-corrected chi connectivity index (χ0v) is 17.1. The number of nitrogens with one attached hydrogen (secondary N) is 1. The van der Waals surface area contributed by atoms with Crippen molar-refractivity contribution < 1.29 is 9.15 Å². The van der Waals surface area contributed by atoms with E-state index >= 15 is 0 Å². The summed E-state index contributed by atoms with van der Waals surface area (Å²) >= 11 is 0. The molecule has 0 amide bonds. The molecular weight excluding hydrogens is 394 g/mol. The monoisotopic (exact) mass is 411 g/mol. The second kappa shape index (κ2) is 6.85. The van der Waals surface area contributed by atoms with Gasteiger partial charge in [0.15, 0.2) is 16.7 Å². The number of ether oxygens (including phenoxy) is 1. The lowest BCUT2D eigenvalue weighted by molar-refractivity contribution is 0.419. The minimum atomic E-state index is -0.336. The number of H-pyrrole nitrogens is 1. The molecule has 0 saturated carbocycles. The van der Waals surface area contributed by atoms with Crippen LogP contribution in [0.2, 0.25) is 0 Å². The number of hydrogen-bond donors (Lipinski definition) is 1. The van der Waals surface area contributed by atoms with Crippen molar-refractivity contribution in [2.24, 2.45) is 0 Å². The summed E-state index contributed by atoms with van der Waals surface area (Å²) in [5, 5.41) is 12.6. The number of para-hydroxylation sites is 1. The normalized spacial score (nSPS) is 11.2. The summed E-state index contributed by atoms with van der Waals surface area (Å²) < 4.78 is 12.6.